The molecule has 0 saturated carbocycles. The van der Waals surface area contributed by atoms with Crippen molar-refractivity contribution in [3.8, 4) is 0 Å². The van der Waals surface area contributed by atoms with Crippen LogP contribution in [0.4, 0.5) is 0 Å². The Hall–Kier alpha value is -1.14. The van der Waals surface area contributed by atoms with Crippen LogP contribution in [0.15, 0.2) is 0 Å². The van der Waals surface area contributed by atoms with Gasteiger partial charge in [0.25, 0.3) is 0 Å². The zero-order chi connectivity index (χ0) is 34.5. The fourth-order valence-corrected chi connectivity index (χ4v) is 6.35. The van der Waals surface area contributed by atoms with Gasteiger partial charge in [-0.05, 0) is 70.9 Å². The standard InChI is InChI=1S/C41H81NO5/c1-4-7-10-12-19-24-30-39(31-25-20-13-11-8-5-2)47-41(45)33-26-28-35-42(36-37-43)34-27-21-17-15-14-16-18-22-29-38-46-40(44)32-23-9-6-3/h39,43H,4-38H2,1-3H3. The predicted octanol–water partition coefficient (Wildman–Crippen LogP) is 11.5. The number of esters is 2. The zero-order valence-corrected chi connectivity index (χ0v) is 31.9. The van der Waals surface area contributed by atoms with Crippen LogP contribution in [-0.4, -0.2) is 60.9 Å². The summed E-state index contributed by atoms with van der Waals surface area (Å²) in [6, 6.07) is 0. The minimum absolute atomic E-state index is 0.0121. The van der Waals surface area contributed by atoms with Crippen LogP contribution in [0.2, 0.25) is 0 Å². The van der Waals surface area contributed by atoms with E-state index in [0.717, 1.165) is 77.4 Å². The van der Waals surface area contributed by atoms with E-state index in [4.69, 9.17) is 9.47 Å². The van der Waals surface area contributed by atoms with E-state index in [2.05, 4.69) is 25.7 Å². The summed E-state index contributed by atoms with van der Waals surface area (Å²) in [7, 11) is 0. The SMILES string of the molecule is CCCCCCCCC(CCCCCCCC)OC(=O)CCCCN(CCO)CCCCCCCCCCCOC(=O)CCCCC. The molecule has 0 aromatic carbocycles. The van der Waals surface area contributed by atoms with Gasteiger partial charge in [0.2, 0.25) is 0 Å². The van der Waals surface area contributed by atoms with Crippen molar-refractivity contribution in [2.45, 2.75) is 219 Å². The molecule has 0 spiro atoms. The minimum Gasteiger partial charge on any atom is -0.466 e. The van der Waals surface area contributed by atoms with Crippen LogP contribution in [-0.2, 0) is 19.1 Å². The highest BCUT2D eigenvalue weighted by Gasteiger charge is 2.15. The molecule has 0 radical (unpaired) electrons. The molecule has 0 atom stereocenters. The monoisotopic (exact) mass is 668 g/mol. The summed E-state index contributed by atoms with van der Waals surface area (Å²) in [5.74, 6) is -0.0426. The first kappa shape index (κ1) is 45.9. The molecule has 0 aliphatic carbocycles. The summed E-state index contributed by atoms with van der Waals surface area (Å²) in [5.41, 5.74) is 0. The van der Waals surface area contributed by atoms with Crippen molar-refractivity contribution in [3.05, 3.63) is 0 Å². The van der Waals surface area contributed by atoms with E-state index in [1.165, 1.54) is 122 Å². The lowest BCUT2D eigenvalue weighted by atomic mass is 10.0. The molecule has 0 unspecified atom stereocenters. The summed E-state index contributed by atoms with van der Waals surface area (Å²) in [6.07, 6.45) is 34.5. The van der Waals surface area contributed by atoms with Gasteiger partial charge in [-0.15, -0.1) is 0 Å². The predicted molar refractivity (Wildman–Crippen MR) is 200 cm³/mol. The van der Waals surface area contributed by atoms with Crippen LogP contribution in [0.5, 0.6) is 0 Å². The van der Waals surface area contributed by atoms with Crippen molar-refractivity contribution in [1.82, 2.24) is 4.90 Å². The largest absolute Gasteiger partial charge is 0.466 e. The third-order valence-electron chi connectivity index (χ3n) is 9.45. The summed E-state index contributed by atoms with van der Waals surface area (Å²) in [4.78, 5) is 26.7. The Kier molecular flexibility index (Phi) is 36.8. The topological polar surface area (TPSA) is 76.1 Å². The molecule has 0 rings (SSSR count). The van der Waals surface area contributed by atoms with Crippen LogP contribution >= 0.6 is 0 Å². The van der Waals surface area contributed by atoms with Crippen molar-refractivity contribution in [2.24, 2.45) is 0 Å². The first-order chi connectivity index (χ1) is 23.1. The third-order valence-corrected chi connectivity index (χ3v) is 9.45. The van der Waals surface area contributed by atoms with Gasteiger partial charge in [-0.2, -0.15) is 0 Å². The van der Waals surface area contributed by atoms with Gasteiger partial charge in [-0.25, -0.2) is 0 Å². The van der Waals surface area contributed by atoms with Gasteiger partial charge in [0.05, 0.1) is 13.2 Å². The van der Waals surface area contributed by atoms with E-state index >= 15 is 0 Å². The van der Waals surface area contributed by atoms with E-state index in [0.29, 0.717) is 19.4 Å². The summed E-state index contributed by atoms with van der Waals surface area (Å²) >= 11 is 0. The Morgan fingerprint density at radius 3 is 1.43 bits per heavy atom. The van der Waals surface area contributed by atoms with Crippen LogP contribution in [0.25, 0.3) is 0 Å². The Balaban J connectivity index is 4.00. The number of hydrogen-bond donors (Lipinski definition) is 1. The maximum Gasteiger partial charge on any atom is 0.306 e. The molecule has 0 aromatic rings. The first-order valence-electron chi connectivity index (χ1n) is 20.8. The molecule has 0 saturated heterocycles. The Morgan fingerprint density at radius 1 is 0.489 bits per heavy atom. The second-order valence-electron chi connectivity index (χ2n) is 14.1. The molecule has 47 heavy (non-hydrogen) atoms. The summed E-state index contributed by atoms with van der Waals surface area (Å²) < 4.78 is 11.3. The first-order valence-corrected chi connectivity index (χ1v) is 20.8. The third kappa shape index (κ3) is 34.5. The molecular formula is C41H81NO5. The number of carbonyl (C=O) groups is 2. The highest BCUT2D eigenvalue weighted by molar-refractivity contribution is 5.69. The number of carbonyl (C=O) groups excluding carboxylic acids is 2. The highest BCUT2D eigenvalue weighted by atomic mass is 16.5. The Morgan fingerprint density at radius 2 is 0.894 bits per heavy atom. The zero-order valence-electron chi connectivity index (χ0n) is 31.9. The lowest BCUT2D eigenvalue weighted by Crippen LogP contribution is -2.29. The molecule has 0 heterocycles. The van der Waals surface area contributed by atoms with Crippen molar-refractivity contribution < 1.29 is 24.2 Å². The van der Waals surface area contributed by atoms with E-state index in [9.17, 15) is 14.7 Å². The normalized spacial score (nSPS) is 11.5. The van der Waals surface area contributed by atoms with Crippen LogP contribution in [0.1, 0.15) is 213 Å². The summed E-state index contributed by atoms with van der Waals surface area (Å²) in [5, 5.41) is 9.55. The number of rotatable bonds is 38. The van der Waals surface area contributed by atoms with E-state index < -0.39 is 0 Å². The molecule has 1 N–H and O–H groups in total. The molecule has 0 aliphatic heterocycles. The highest BCUT2D eigenvalue weighted by Crippen LogP contribution is 2.18. The van der Waals surface area contributed by atoms with E-state index in [1.54, 1.807) is 0 Å². The molecule has 0 amide bonds. The number of nitrogens with zero attached hydrogens (tertiary/aromatic N) is 1. The molecular weight excluding hydrogens is 586 g/mol. The van der Waals surface area contributed by atoms with Gasteiger partial charge in [0.15, 0.2) is 0 Å². The van der Waals surface area contributed by atoms with Crippen molar-refractivity contribution in [1.29, 1.82) is 0 Å². The average molecular weight is 668 g/mol. The Labute approximate surface area is 292 Å². The minimum atomic E-state index is -0.0305. The number of hydrogen-bond acceptors (Lipinski definition) is 6. The number of ether oxygens (including phenoxy) is 2. The molecule has 6 nitrogen and oxygen atoms in total. The lowest BCUT2D eigenvalue weighted by Gasteiger charge is -2.21. The molecule has 280 valence electrons. The van der Waals surface area contributed by atoms with Gasteiger partial charge in [0.1, 0.15) is 6.10 Å². The summed E-state index contributed by atoms with van der Waals surface area (Å²) in [6.45, 7) is 10.1. The fourth-order valence-electron chi connectivity index (χ4n) is 6.35. The smallest absolute Gasteiger partial charge is 0.306 e. The maximum atomic E-state index is 12.7. The molecule has 0 bridgehead atoms. The van der Waals surface area contributed by atoms with Gasteiger partial charge in [0, 0.05) is 19.4 Å². The quantitative estimate of drug-likeness (QED) is 0.0521. The van der Waals surface area contributed by atoms with Crippen molar-refractivity contribution in [2.75, 3.05) is 32.8 Å². The van der Waals surface area contributed by atoms with Gasteiger partial charge in [-0.3, -0.25) is 9.59 Å². The fraction of sp³-hybridized carbons (Fsp3) is 0.951. The van der Waals surface area contributed by atoms with Gasteiger partial charge in [-0.1, -0.05) is 143 Å². The second-order valence-corrected chi connectivity index (χ2v) is 14.1. The van der Waals surface area contributed by atoms with Crippen LogP contribution in [0.3, 0.4) is 0 Å². The van der Waals surface area contributed by atoms with Gasteiger partial charge < -0.3 is 19.5 Å². The number of aliphatic hydroxyl groups excluding tert-OH is 1. The Bertz CT molecular complexity index is 642. The average Bonchev–Trinajstić information content (AvgIpc) is 3.06. The van der Waals surface area contributed by atoms with Crippen LogP contribution in [0, 0.1) is 0 Å². The second kappa shape index (κ2) is 37.7. The molecule has 6 heteroatoms. The van der Waals surface area contributed by atoms with Crippen LogP contribution < -0.4 is 0 Å². The van der Waals surface area contributed by atoms with Crippen molar-refractivity contribution in [3.63, 3.8) is 0 Å². The van der Waals surface area contributed by atoms with Gasteiger partial charge >= 0.3 is 11.9 Å². The maximum absolute atomic E-state index is 12.7. The molecule has 0 fully saturated rings. The van der Waals surface area contributed by atoms with E-state index in [-0.39, 0.29) is 24.6 Å². The molecule has 0 aliphatic rings. The van der Waals surface area contributed by atoms with E-state index in [1.807, 2.05) is 0 Å². The number of aliphatic hydroxyl groups is 1. The molecule has 0 aromatic heterocycles. The lowest BCUT2D eigenvalue weighted by molar-refractivity contribution is -0.150. The number of unbranched alkanes of at least 4 members (excludes halogenated alkanes) is 21. The van der Waals surface area contributed by atoms with Crippen molar-refractivity contribution >= 4 is 11.9 Å².